The number of hydrogen-bond acceptors (Lipinski definition) is 4. The first-order chi connectivity index (χ1) is 9.77. The van der Waals surface area contributed by atoms with Gasteiger partial charge in [0.1, 0.15) is 0 Å². The lowest BCUT2D eigenvalue weighted by Crippen LogP contribution is -2.53. The number of rotatable bonds is 4. The Morgan fingerprint density at radius 3 is 2.38 bits per heavy atom. The number of aromatic carboxylic acids is 1. The van der Waals surface area contributed by atoms with E-state index in [2.05, 4.69) is 4.90 Å². The topological polar surface area (TPSA) is 77.9 Å². The molecule has 1 N–H and O–H groups in total. The summed E-state index contributed by atoms with van der Waals surface area (Å²) in [4.78, 5) is 13.0. The highest BCUT2D eigenvalue weighted by molar-refractivity contribution is 7.88. The van der Waals surface area contributed by atoms with Crippen LogP contribution in [0.2, 0.25) is 0 Å². The van der Waals surface area contributed by atoms with Gasteiger partial charge in [0, 0.05) is 32.2 Å². The summed E-state index contributed by atoms with van der Waals surface area (Å²) in [6.45, 7) is 4.45. The largest absolute Gasteiger partial charge is 0.478 e. The molecule has 1 aromatic rings. The summed E-state index contributed by atoms with van der Waals surface area (Å²) in [5.41, 5.74) is 1.30. The normalized spacial score (nSPS) is 21.3. The van der Waals surface area contributed by atoms with Gasteiger partial charge in [-0.15, -0.1) is 0 Å². The molecule has 0 aliphatic carbocycles. The maximum atomic E-state index is 11.6. The molecule has 1 atom stereocenters. The molecule has 0 radical (unpaired) electrons. The highest BCUT2D eigenvalue weighted by Gasteiger charge is 2.29. The van der Waals surface area contributed by atoms with E-state index >= 15 is 0 Å². The average Bonchev–Trinajstić information content (AvgIpc) is 2.37. The molecule has 2 rings (SSSR count). The molecule has 0 amide bonds. The van der Waals surface area contributed by atoms with Crippen molar-refractivity contribution in [1.82, 2.24) is 9.21 Å². The van der Waals surface area contributed by atoms with E-state index in [0.717, 1.165) is 5.56 Å². The fourth-order valence-electron chi connectivity index (χ4n) is 2.66. The van der Waals surface area contributed by atoms with Gasteiger partial charge in [-0.05, 0) is 24.6 Å². The summed E-state index contributed by atoms with van der Waals surface area (Å²) in [7, 11) is -3.15. The lowest BCUT2D eigenvalue weighted by atomic mass is 10.1. The molecule has 1 heterocycles. The molecule has 0 unspecified atom stereocenters. The lowest BCUT2D eigenvalue weighted by Gasteiger charge is -2.38. The van der Waals surface area contributed by atoms with Crippen molar-refractivity contribution in [3.63, 3.8) is 0 Å². The van der Waals surface area contributed by atoms with Gasteiger partial charge in [0.2, 0.25) is 10.0 Å². The van der Waals surface area contributed by atoms with E-state index in [1.807, 2.05) is 6.92 Å². The third-order valence-corrected chi connectivity index (χ3v) is 5.08. The number of carbonyl (C=O) groups is 1. The molecule has 0 bridgehead atoms. The molecule has 0 aromatic heterocycles. The van der Waals surface area contributed by atoms with Crippen LogP contribution in [-0.2, 0) is 16.6 Å². The Kier molecular flexibility index (Phi) is 4.65. The zero-order valence-corrected chi connectivity index (χ0v) is 13.0. The summed E-state index contributed by atoms with van der Waals surface area (Å²) in [5, 5.41) is 8.86. The number of benzene rings is 1. The van der Waals surface area contributed by atoms with Crippen LogP contribution < -0.4 is 0 Å². The molecule has 0 saturated carbocycles. The minimum Gasteiger partial charge on any atom is -0.478 e. The number of nitrogens with zero attached hydrogens (tertiary/aromatic N) is 2. The molecule has 1 aliphatic rings. The van der Waals surface area contributed by atoms with Crippen LogP contribution >= 0.6 is 0 Å². The summed E-state index contributed by atoms with van der Waals surface area (Å²) < 4.78 is 24.8. The maximum Gasteiger partial charge on any atom is 0.335 e. The van der Waals surface area contributed by atoms with Crippen molar-refractivity contribution >= 4 is 16.0 Å². The first-order valence-corrected chi connectivity index (χ1v) is 8.63. The second-order valence-corrected chi connectivity index (χ2v) is 7.39. The molecule has 7 heteroatoms. The second kappa shape index (κ2) is 6.13. The lowest BCUT2D eigenvalue weighted by molar-refractivity contribution is 0.0697. The van der Waals surface area contributed by atoms with Crippen molar-refractivity contribution in [3.8, 4) is 0 Å². The van der Waals surface area contributed by atoms with Gasteiger partial charge in [0.05, 0.1) is 11.8 Å². The van der Waals surface area contributed by atoms with Gasteiger partial charge in [-0.25, -0.2) is 13.2 Å². The predicted octanol–water partition coefficient (Wildman–Crippen LogP) is 0.851. The van der Waals surface area contributed by atoms with Crippen molar-refractivity contribution < 1.29 is 18.3 Å². The Hall–Kier alpha value is -1.44. The van der Waals surface area contributed by atoms with E-state index in [-0.39, 0.29) is 11.6 Å². The molecule has 1 aromatic carbocycles. The average molecular weight is 312 g/mol. The molecular formula is C14H20N2O4S. The molecule has 0 spiro atoms. The number of piperazine rings is 1. The highest BCUT2D eigenvalue weighted by atomic mass is 32.2. The maximum absolute atomic E-state index is 11.6. The van der Waals surface area contributed by atoms with E-state index in [1.165, 1.54) is 10.6 Å². The van der Waals surface area contributed by atoms with Gasteiger partial charge in [-0.3, -0.25) is 4.90 Å². The van der Waals surface area contributed by atoms with Crippen molar-refractivity contribution in [2.45, 2.75) is 19.5 Å². The minimum atomic E-state index is -3.15. The van der Waals surface area contributed by atoms with Crippen molar-refractivity contribution in [1.29, 1.82) is 0 Å². The monoisotopic (exact) mass is 312 g/mol. The van der Waals surface area contributed by atoms with E-state index in [4.69, 9.17) is 5.11 Å². The Morgan fingerprint density at radius 2 is 1.90 bits per heavy atom. The van der Waals surface area contributed by atoms with E-state index in [1.54, 1.807) is 24.3 Å². The van der Waals surface area contributed by atoms with Crippen LogP contribution in [0.5, 0.6) is 0 Å². The van der Waals surface area contributed by atoms with Crippen LogP contribution in [0.15, 0.2) is 24.3 Å². The summed E-state index contributed by atoms with van der Waals surface area (Å²) >= 11 is 0. The van der Waals surface area contributed by atoms with Crippen LogP contribution in [0.25, 0.3) is 0 Å². The number of hydrogen-bond donors (Lipinski definition) is 1. The fourth-order valence-corrected chi connectivity index (χ4v) is 3.80. The molecule has 116 valence electrons. The summed E-state index contributed by atoms with van der Waals surface area (Å²) in [6, 6.07) is 6.74. The second-order valence-electron chi connectivity index (χ2n) is 5.46. The first-order valence-electron chi connectivity index (χ1n) is 6.79. The van der Waals surface area contributed by atoms with Crippen LogP contribution in [0.4, 0.5) is 0 Å². The standard InChI is InChI=1S/C14H20N2O4S/c1-11-9-15(7-8-16(11)21(2,19)20)10-12-3-5-13(6-4-12)14(17)18/h3-6,11H,7-10H2,1-2H3,(H,17,18)/t11-/m1/s1. The smallest absolute Gasteiger partial charge is 0.335 e. The fraction of sp³-hybridized carbons (Fsp3) is 0.500. The predicted molar refractivity (Wildman–Crippen MR) is 79.7 cm³/mol. The quantitative estimate of drug-likeness (QED) is 0.892. The number of sulfonamides is 1. The van der Waals surface area contributed by atoms with Crippen molar-refractivity contribution in [2.75, 3.05) is 25.9 Å². The summed E-state index contributed by atoms with van der Waals surface area (Å²) in [5.74, 6) is -0.933. The van der Waals surface area contributed by atoms with Crippen LogP contribution in [0, 0.1) is 0 Å². The highest BCUT2D eigenvalue weighted by Crippen LogP contribution is 2.16. The number of carboxylic acid groups (broad SMARTS) is 1. The first kappa shape index (κ1) is 15.9. The summed E-state index contributed by atoms with van der Waals surface area (Å²) in [6.07, 6.45) is 1.24. The Balaban J connectivity index is 1.98. The van der Waals surface area contributed by atoms with Crippen LogP contribution in [0.1, 0.15) is 22.8 Å². The molecule has 1 saturated heterocycles. The van der Waals surface area contributed by atoms with Crippen molar-refractivity contribution in [2.24, 2.45) is 0 Å². The third-order valence-electron chi connectivity index (χ3n) is 3.68. The number of carboxylic acids is 1. The van der Waals surface area contributed by atoms with Crippen LogP contribution in [-0.4, -0.2) is 60.6 Å². The van der Waals surface area contributed by atoms with Gasteiger partial charge in [0.15, 0.2) is 0 Å². The Bertz CT molecular complexity index is 612. The Labute approximate surface area is 125 Å². The van der Waals surface area contributed by atoms with E-state index in [9.17, 15) is 13.2 Å². The molecular weight excluding hydrogens is 292 g/mol. The molecule has 6 nitrogen and oxygen atoms in total. The zero-order valence-electron chi connectivity index (χ0n) is 12.2. The third kappa shape index (κ3) is 4.03. The van der Waals surface area contributed by atoms with E-state index < -0.39 is 16.0 Å². The minimum absolute atomic E-state index is 0.0490. The van der Waals surface area contributed by atoms with Crippen LogP contribution in [0.3, 0.4) is 0 Å². The van der Waals surface area contributed by atoms with Gasteiger partial charge in [-0.2, -0.15) is 4.31 Å². The zero-order chi connectivity index (χ0) is 15.6. The van der Waals surface area contributed by atoms with Gasteiger partial charge < -0.3 is 5.11 Å². The van der Waals surface area contributed by atoms with E-state index in [0.29, 0.717) is 26.2 Å². The van der Waals surface area contributed by atoms with Crippen molar-refractivity contribution in [3.05, 3.63) is 35.4 Å². The SMILES string of the molecule is C[C@@H]1CN(Cc2ccc(C(=O)O)cc2)CCN1S(C)(=O)=O. The van der Waals surface area contributed by atoms with Gasteiger partial charge in [-0.1, -0.05) is 12.1 Å². The Morgan fingerprint density at radius 1 is 1.29 bits per heavy atom. The molecule has 21 heavy (non-hydrogen) atoms. The van der Waals surface area contributed by atoms with Gasteiger partial charge in [0.25, 0.3) is 0 Å². The molecule has 1 aliphatic heterocycles. The van der Waals surface area contributed by atoms with Gasteiger partial charge >= 0.3 is 5.97 Å². The molecule has 1 fully saturated rings.